The van der Waals surface area contributed by atoms with E-state index in [1.165, 1.54) is 18.2 Å². The first-order valence-corrected chi connectivity index (χ1v) is 10.5. The van der Waals surface area contributed by atoms with Gasteiger partial charge >= 0.3 is 0 Å². The summed E-state index contributed by atoms with van der Waals surface area (Å²) in [5, 5.41) is 3.36. The van der Waals surface area contributed by atoms with Gasteiger partial charge < -0.3 is 15.3 Å². The molecule has 0 spiro atoms. The Labute approximate surface area is 182 Å². The number of fused-ring (bicyclic) bond motifs is 1. The van der Waals surface area contributed by atoms with Crippen LogP contribution in [0.3, 0.4) is 0 Å². The molecule has 0 bridgehead atoms. The number of H-pyrrole nitrogens is 2. The molecule has 1 aliphatic rings. The fourth-order valence-electron chi connectivity index (χ4n) is 4.46. The Hall–Kier alpha value is -3.55. The van der Waals surface area contributed by atoms with Crippen molar-refractivity contribution in [3.63, 3.8) is 0 Å². The molecule has 2 heterocycles. The van der Waals surface area contributed by atoms with E-state index >= 15 is 0 Å². The summed E-state index contributed by atoms with van der Waals surface area (Å²) in [4.78, 5) is 22.5. The molecule has 0 radical (unpaired) electrons. The van der Waals surface area contributed by atoms with Crippen molar-refractivity contribution in [3.8, 4) is 11.3 Å². The third kappa shape index (κ3) is 3.88. The van der Waals surface area contributed by atoms with Crippen LogP contribution in [0.25, 0.3) is 22.2 Å². The Morgan fingerprint density at radius 2 is 1.88 bits per heavy atom. The molecule has 164 valence electrons. The second kappa shape index (κ2) is 8.18. The Kier molecular flexibility index (Phi) is 5.20. The monoisotopic (exact) mass is 438 g/mol. The Morgan fingerprint density at radius 1 is 1.09 bits per heavy atom. The number of hydrogen-bond acceptors (Lipinski definition) is 2. The Balaban J connectivity index is 1.35. The average Bonchev–Trinajstić information content (AvgIpc) is 3.37. The number of benzene rings is 2. The second-order valence-corrected chi connectivity index (χ2v) is 8.29. The number of rotatable bonds is 6. The van der Waals surface area contributed by atoms with E-state index in [2.05, 4.69) is 20.3 Å². The summed E-state index contributed by atoms with van der Waals surface area (Å²) in [7, 11) is 0. The van der Waals surface area contributed by atoms with E-state index in [1.807, 2.05) is 0 Å². The molecular formula is C24H21F3N4O. The van der Waals surface area contributed by atoms with Crippen LogP contribution in [-0.4, -0.2) is 20.9 Å². The number of carbonyl (C=O) groups excluding carboxylic acids is 1. The number of nitrogens with one attached hydrogen (secondary N) is 3. The molecule has 32 heavy (non-hydrogen) atoms. The van der Waals surface area contributed by atoms with Gasteiger partial charge in [-0.2, -0.15) is 0 Å². The van der Waals surface area contributed by atoms with Gasteiger partial charge in [-0.15, -0.1) is 0 Å². The van der Waals surface area contributed by atoms with Gasteiger partial charge in [0.25, 0.3) is 0 Å². The third-order valence-electron chi connectivity index (χ3n) is 6.15. The summed E-state index contributed by atoms with van der Waals surface area (Å²) in [6.45, 7) is 0.350. The molecule has 5 nitrogen and oxygen atoms in total. The molecule has 4 aromatic rings. The van der Waals surface area contributed by atoms with E-state index in [0.29, 0.717) is 48.3 Å². The van der Waals surface area contributed by atoms with E-state index in [0.717, 1.165) is 11.6 Å². The predicted molar refractivity (Wildman–Crippen MR) is 114 cm³/mol. The minimum atomic E-state index is -0.668. The molecule has 8 heteroatoms. The molecule has 1 fully saturated rings. The summed E-state index contributed by atoms with van der Waals surface area (Å²) < 4.78 is 41.8. The number of halogens is 3. The molecule has 0 unspecified atom stereocenters. The number of nitrogens with zero attached hydrogens (tertiary/aromatic N) is 1. The molecule has 0 atom stereocenters. The summed E-state index contributed by atoms with van der Waals surface area (Å²) in [5.41, 5.74) is 2.36. The smallest absolute Gasteiger partial charge is 0.223 e. The lowest BCUT2D eigenvalue weighted by Crippen LogP contribution is -2.39. The largest absolute Gasteiger partial charge is 0.352 e. The summed E-state index contributed by atoms with van der Waals surface area (Å²) in [6, 6.07) is 8.07. The van der Waals surface area contributed by atoms with Gasteiger partial charge in [-0.25, -0.2) is 18.2 Å². The van der Waals surface area contributed by atoms with E-state index in [4.69, 9.17) is 0 Å². The third-order valence-corrected chi connectivity index (χ3v) is 6.15. The number of aromatic nitrogens is 3. The van der Waals surface area contributed by atoms with Crippen LogP contribution < -0.4 is 5.32 Å². The van der Waals surface area contributed by atoms with Gasteiger partial charge in [0.1, 0.15) is 23.3 Å². The molecule has 1 saturated carbocycles. The highest BCUT2D eigenvalue weighted by Gasteiger charge is 2.35. The molecule has 3 N–H and O–H groups in total. The van der Waals surface area contributed by atoms with Crippen LogP contribution in [0.5, 0.6) is 0 Å². The van der Waals surface area contributed by atoms with Crippen LogP contribution in [0.2, 0.25) is 0 Å². The quantitative estimate of drug-likeness (QED) is 0.402. The number of imidazole rings is 1. The molecule has 1 amide bonds. The lowest BCUT2D eigenvalue weighted by Gasteiger charge is -2.34. The van der Waals surface area contributed by atoms with Gasteiger partial charge in [0.15, 0.2) is 0 Å². The van der Waals surface area contributed by atoms with Gasteiger partial charge in [-0.3, -0.25) is 4.79 Å². The van der Waals surface area contributed by atoms with Gasteiger partial charge in [0.2, 0.25) is 5.91 Å². The average molecular weight is 438 g/mol. The van der Waals surface area contributed by atoms with Crippen LogP contribution in [-0.2, 0) is 17.8 Å². The van der Waals surface area contributed by atoms with Crippen molar-refractivity contribution in [1.29, 1.82) is 0 Å². The summed E-state index contributed by atoms with van der Waals surface area (Å²) in [5.74, 6) is -0.899. The lowest BCUT2D eigenvalue weighted by atomic mass is 9.71. The van der Waals surface area contributed by atoms with Crippen LogP contribution in [0.4, 0.5) is 13.2 Å². The van der Waals surface area contributed by atoms with Crippen molar-refractivity contribution >= 4 is 16.8 Å². The van der Waals surface area contributed by atoms with Gasteiger partial charge in [-0.05, 0) is 66.6 Å². The first kappa shape index (κ1) is 20.4. The SMILES string of the molecule is O=C(NCc1ncc[nH]1)C1CC(Cc2c(-c3ccc(F)cc3)[nH]c3c(F)cc(F)cc23)C1. The van der Waals surface area contributed by atoms with Crippen molar-refractivity contribution in [2.45, 2.75) is 25.8 Å². The van der Waals surface area contributed by atoms with Crippen molar-refractivity contribution in [2.75, 3.05) is 0 Å². The first-order valence-electron chi connectivity index (χ1n) is 10.5. The zero-order valence-corrected chi connectivity index (χ0v) is 17.1. The van der Waals surface area contributed by atoms with E-state index in [9.17, 15) is 18.0 Å². The van der Waals surface area contributed by atoms with Gasteiger partial charge in [-0.1, -0.05) is 0 Å². The molecule has 0 aliphatic heterocycles. The number of aromatic amines is 2. The van der Waals surface area contributed by atoms with Crippen molar-refractivity contribution in [1.82, 2.24) is 20.3 Å². The maximum absolute atomic E-state index is 14.4. The van der Waals surface area contributed by atoms with E-state index in [-0.39, 0.29) is 29.1 Å². The van der Waals surface area contributed by atoms with Gasteiger partial charge in [0.05, 0.1) is 12.1 Å². The molecule has 2 aromatic carbocycles. The highest BCUT2D eigenvalue weighted by molar-refractivity contribution is 5.91. The van der Waals surface area contributed by atoms with Crippen molar-refractivity contribution in [2.24, 2.45) is 11.8 Å². The standard InChI is InChI=1S/C24H21F3N4O/c25-16-3-1-14(2-4-16)22-18(19-10-17(26)11-20(27)23(19)31-22)9-13-7-15(8-13)24(32)30-12-21-28-5-6-29-21/h1-6,10-11,13,15,31H,7-9,12H2,(H,28,29)(H,30,32). The molecular weight excluding hydrogens is 417 g/mol. The zero-order chi connectivity index (χ0) is 22.2. The second-order valence-electron chi connectivity index (χ2n) is 8.29. The zero-order valence-electron chi connectivity index (χ0n) is 17.1. The molecule has 0 saturated heterocycles. The lowest BCUT2D eigenvalue weighted by molar-refractivity contribution is -0.129. The summed E-state index contributed by atoms with van der Waals surface area (Å²) in [6.07, 6.45) is 5.28. The van der Waals surface area contributed by atoms with Crippen molar-refractivity contribution in [3.05, 3.63) is 77.6 Å². The minimum Gasteiger partial charge on any atom is -0.352 e. The molecule has 1 aliphatic carbocycles. The van der Waals surface area contributed by atoms with Crippen LogP contribution in [0.15, 0.2) is 48.8 Å². The highest BCUT2D eigenvalue weighted by atomic mass is 19.1. The topological polar surface area (TPSA) is 73.6 Å². The Morgan fingerprint density at radius 3 is 2.59 bits per heavy atom. The number of carbonyl (C=O) groups is 1. The fourth-order valence-corrected chi connectivity index (χ4v) is 4.46. The summed E-state index contributed by atoms with van der Waals surface area (Å²) >= 11 is 0. The normalized spacial score (nSPS) is 18.0. The number of amides is 1. The molecule has 5 rings (SSSR count). The van der Waals surface area contributed by atoms with Crippen LogP contribution in [0.1, 0.15) is 24.2 Å². The fraction of sp³-hybridized carbons (Fsp3) is 0.250. The van der Waals surface area contributed by atoms with E-state index < -0.39 is 11.6 Å². The maximum Gasteiger partial charge on any atom is 0.223 e. The highest BCUT2D eigenvalue weighted by Crippen LogP contribution is 2.41. The minimum absolute atomic E-state index is 0.0209. The first-order chi connectivity index (χ1) is 15.5. The Bertz CT molecular complexity index is 1260. The van der Waals surface area contributed by atoms with Crippen molar-refractivity contribution < 1.29 is 18.0 Å². The van der Waals surface area contributed by atoms with Crippen LogP contribution in [0, 0.1) is 29.3 Å². The predicted octanol–water partition coefficient (Wildman–Crippen LogP) is 4.86. The number of hydrogen-bond donors (Lipinski definition) is 3. The van der Waals surface area contributed by atoms with E-state index in [1.54, 1.807) is 24.5 Å². The maximum atomic E-state index is 14.4. The molecule has 2 aromatic heterocycles. The van der Waals surface area contributed by atoms with Crippen LogP contribution >= 0.6 is 0 Å². The van der Waals surface area contributed by atoms with Gasteiger partial charge in [0, 0.05) is 35.5 Å².